The summed E-state index contributed by atoms with van der Waals surface area (Å²) in [6.07, 6.45) is 7.34. The molecule has 0 N–H and O–H groups in total. The van der Waals surface area contributed by atoms with Crippen LogP contribution in [0.1, 0.15) is 52.4 Å². The van der Waals surface area contributed by atoms with E-state index in [9.17, 15) is 0 Å². The first-order valence-corrected chi connectivity index (χ1v) is 7.03. The van der Waals surface area contributed by atoms with Crippen molar-refractivity contribution in [3.8, 4) is 11.8 Å². The van der Waals surface area contributed by atoms with Gasteiger partial charge >= 0.3 is 0 Å². The van der Waals surface area contributed by atoms with Gasteiger partial charge in [-0.15, -0.1) is 0 Å². The van der Waals surface area contributed by atoms with Crippen LogP contribution in [0.4, 0.5) is 0 Å². The van der Waals surface area contributed by atoms with Gasteiger partial charge in [-0.25, -0.2) is 0 Å². The molecule has 1 saturated heterocycles. The summed E-state index contributed by atoms with van der Waals surface area (Å²) >= 11 is 0. The number of rotatable bonds is 1. The summed E-state index contributed by atoms with van der Waals surface area (Å²) < 4.78 is 11.9. The summed E-state index contributed by atoms with van der Waals surface area (Å²) in [4.78, 5) is 0. The third-order valence-corrected chi connectivity index (χ3v) is 3.60. The van der Waals surface area contributed by atoms with Crippen molar-refractivity contribution in [2.24, 2.45) is 11.8 Å². The van der Waals surface area contributed by atoms with Crippen molar-refractivity contribution < 1.29 is 9.47 Å². The zero-order valence-electron chi connectivity index (χ0n) is 11.1. The Labute approximate surface area is 105 Å². The largest absolute Gasteiger partial charge is 0.339 e. The summed E-state index contributed by atoms with van der Waals surface area (Å²) in [7, 11) is 0. The molecule has 2 aliphatic rings. The van der Waals surface area contributed by atoms with E-state index in [0.717, 1.165) is 19.6 Å². The maximum Gasteiger partial charge on any atom is 0.236 e. The zero-order valence-corrected chi connectivity index (χ0v) is 11.1. The molecule has 0 radical (unpaired) electrons. The topological polar surface area (TPSA) is 18.5 Å². The summed E-state index contributed by atoms with van der Waals surface area (Å²) in [5.74, 6) is 6.84. The summed E-state index contributed by atoms with van der Waals surface area (Å²) in [5, 5.41) is 0. The average Bonchev–Trinajstić information content (AvgIpc) is 2.39. The van der Waals surface area contributed by atoms with Gasteiger partial charge in [0.25, 0.3) is 0 Å². The Kier molecular flexibility index (Phi) is 4.48. The fraction of sp³-hybridized carbons (Fsp3) is 0.867. The minimum Gasteiger partial charge on any atom is -0.339 e. The normalized spacial score (nSPS) is 25.4. The lowest BCUT2D eigenvalue weighted by Crippen LogP contribution is -2.46. The van der Waals surface area contributed by atoms with Crippen LogP contribution < -0.4 is 0 Å². The van der Waals surface area contributed by atoms with Crippen molar-refractivity contribution >= 4 is 0 Å². The first kappa shape index (κ1) is 12.9. The second-order valence-corrected chi connectivity index (χ2v) is 5.48. The molecule has 0 aromatic heterocycles. The molecule has 0 aromatic rings. The highest BCUT2D eigenvalue weighted by Gasteiger charge is 2.41. The van der Waals surface area contributed by atoms with Crippen LogP contribution in [-0.2, 0) is 9.47 Å². The van der Waals surface area contributed by atoms with Crippen molar-refractivity contribution in [3.63, 3.8) is 0 Å². The molecule has 2 fully saturated rings. The van der Waals surface area contributed by atoms with Crippen LogP contribution in [0.2, 0.25) is 0 Å². The molecule has 96 valence electrons. The van der Waals surface area contributed by atoms with Crippen LogP contribution in [0.15, 0.2) is 0 Å². The van der Waals surface area contributed by atoms with Gasteiger partial charge in [-0.3, -0.25) is 0 Å². The van der Waals surface area contributed by atoms with E-state index in [1.807, 2.05) is 0 Å². The lowest BCUT2D eigenvalue weighted by molar-refractivity contribution is -0.261. The van der Waals surface area contributed by atoms with Gasteiger partial charge in [-0.1, -0.05) is 39.0 Å². The van der Waals surface area contributed by atoms with Gasteiger partial charge in [-0.05, 0) is 25.2 Å². The second kappa shape index (κ2) is 5.89. The predicted molar refractivity (Wildman–Crippen MR) is 68.4 cm³/mol. The quantitative estimate of drug-likeness (QED) is 0.650. The highest BCUT2D eigenvalue weighted by Crippen LogP contribution is 2.37. The fourth-order valence-corrected chi connectivity index (χ4v) is 2.69. The van der Waals surface area contributed by atoms with E-state index in [1.165, 1.54) is 32.1 Å². The molecule has 2 heteroatoms. The van der Waals surface area contributed by atoms with E-state index in [1.54, 1.807) is 0 Å². The maximum absolute atomic E-state index is 5.96. The van der Waals surface area contributed by atoms with E-state index < -0.39 is 5.79 Å². The average molecular weight is 236 g/mol. The molecule has 0 atom stereocenters. The number of hydrogen-bond acceptors (Lipinski definition) is 2. The van der Waals surface area contributed by atoms with Gasteiger partial charge in [0, 0.05) is 11.8 Å². The first-order valence-electron chi connectivity index (χ1n) is 7.03. The van der Waals surface area contributed by atoms with E-state index in [0.29, 0.717) is 11.8 Å². The van der Waals surface area contributed by atoms with Gasteiger partial charge in [0.15, 0.2) is 0 Å². The van der Waals surface area contributed by atoms with Gasteiger partial charge in [0.1, 0.15) is 0 Å². The van der Waals surface area contributed by atoms with Crippen molar-refractivity contribution in [1.82, 2.24) is 0 Å². The van der Waals surface area contributed by atoms with Crippen molar-refractivity contribution in [2.45, 2.75) is 58.2 Å². The van der Waals surface area contributed by atoms with Crippen LogP contribution >= 0.6 is 0 Å². The fourth-order valence-electron chi connectivity index (χ4n) is 2.69. The van der Waals surface area contributed by atoms with E-state index in [4.69, 9.17) is 9.47 Å². The third-order valence-electron chi connectivity index (χ3n) is 3.60. The van der Waals surface area contributed by atoms with Crippen LogP contribution in [-0.4, -0.2) is 19.0 Å². The SMILES string of the molecule is CC(C)C#CC1(C2CCCCC2)OCCCO1. The maximum atomic E-state index is 5.96. The molecule has 1 aliphatic heterocycles. The molecule has 17 heavy (non-hydrogen) atoms. The standard InChI is InChI=1S/C15H24O2/c1-13(2)9-10-15(16-11-6-12-17-15)14-7-4-3-5-8-14/h13-14H,3-8,11-12H2,1-2H3. The molecule has 0 aromatic carbocycles. The molecule has 0 spiro atoms. The zero-order chi connectivity index (χ0) is 12.1. The molecule has 0 unspecified atom stereocenters. The van der Waals surface area contributed by atoms with Gasteiger partial charge < -0.3 is 9.47 Å². The highest BCUT2D eigenvalue weighted by molar-refractivity contribution is 5.14. The molecule has 1 saturated carbocycles. The van der Waals surface area contributed by atoms with Gasteiger partial charge in [0.2, 0.25) is 5.79 Å². The van der Waals surface area contributed by atoms with Crippen molar-refractivity contribution in [3.05, 3.63) is 0 Å². The highest BCUT2D eigenvalue weighted by atomic mass is 16.7. The van der Waals surface area contributed by atoms with E-state index >= 15 is 0 Å². The third kappa shape index (κ3) is 3.24. The summed E-state index contributed by atoms with van der Waals surface area (Å²) in [5.41, 5.74) is 0. The Hall–Kier alpha value is -0.520. The predicted octanol–water partition coefficient (Wildman–Crippen LogP) is 3.36. The molecule has 2 rings (SSSR count). The smallest absolute Gasteiger partial charge is 0.236 e. The molecular weight excluding hydrogens is 212 g/mol. The number of hydrogen-bond donors (Lipinski definition) is 0. The Balaban J connectivity index is 2.13. The molecule has 0 amide bonds. The Morgan fingerprint density at radius 3 is 2.24 bits per heavy atom. The Morgan fingerprint density at radius 1 is 1.00 bits per heavy atom. The molecular formula is C15H24O2. The summed E-state index contributed by atoms with van der Waals surface area (Å²) in [6.45, 7) is 5.82. The van der Waals surface area contributed by atoms with Crippen molar-refractivity contribution in [2.75, 3.05) is 13.2 Å². The molecule has 1 aliphatic carbocycles. The first-order chi connectivity index (χ1) is 8.23. The van der Waals surface area contributed by atoms with Crippen molar-refractivity contribution in [1.29, 1.82) is 0 Å². The van der Waals surface area contributed by atoms with Gasteiger partial charge in [0.05, 0.1) is 13.2 Å². The minimum absolute atomic E-state index is 0.379. The second-order valence-electron chi connectivity index (χ2n) is 5.48. The molecule has 2 nitrogen and oxygen atoms in total. The number of ether oxygens (including phenoxy) is 2. The summed E-state index contributed by atoms with van der Waals surface area (Å²) in [6, 6.07) is 0. The lowest BCUT2D eigenvalue weighted by Gasteiger charge is -2.40. The lowest BCUT2D eigenvalue weighted by atomic mass is 9.82. The van der Waals surface area contributed by atoms with Crippen LogP contribution in [0.3, 0.4) is 0 Å². The van der Waals surface area contributed by atoms with E-state index in [2.05, 4.69) is 25.7 Å². The van der Waals surface area contributed by atoms with E-state index in [-0.39, 0.29) is 0 Å². The van der Waals surface area contributed by atoms with Gasteiger partial charge in [-0.2, -0.15) is 0 Å². The van der Waals surface area contributed by atoms with Crippen LogP contribution in [0.25, 0.3) is 0 Å². The Morgan fingerprint density at radius 2 is 1.65 bits per heavy atom. The Bertz CT molecular complexity index is 286. The minimum atomic E-state index is -0.580. The van der Waals surface area contributed by atoms with Crippen LogP contribution in [0, 0.1) is 23.7 Å². The molecule has 1 heterocycles. The monoisotopic (exact) mass is 236 g/mol. The molecule has 0 bridgehead atoms. The van der Waals surface area contributed by atoms with Crippen LogP contribution in [0.5, 0.6) is 0 Å².